The summed E-state index contributed by atoms with van der Waals surface area (Å²) in [6.45, 7) is 6.74. The molecule has 0 amide bonds. The molecule has 0 radical (unpaired) electrons. The molecule has 0 bridgehead atoms. The molecular weight excluding hydrogens is 224 g/mol. The van der Waals surface area contributed by atoms with Crippen LogP contribution in [-0.2, 0) is 23.8 Å². The molecule has 0 N–H and O–H groups in total. The second-order valence-corrected chi connectivity index (χ2v) is 3.92. The first-order valence-electron chi connectivity index (χ1n) is 5.75. The number of hydrogen-bond donors (Lipinski definition) is 0. The Labute approximate surface area is 101 Å². The molecule has 1 aliphatic heterocycles. The van der Waals surface area contributed by atoms with E-state index in [1.807, 2.05) is 6.92 Å². The summed E-state index contributed by atoms with van der Waals surface area (Å²) in [6, 6.07) is 0. The van der Waals surface area contributed by atoms with Crippen LogP contribution in [0.3, 0.4) is 0 Å². The molecule has 1 saturated heterocycles. The number of rotatable bonds is 7. The highest BCUT2D eigenvalue weighted by molar-refractivity contribution is 5.93. The molecule has 0 spiro atoms. The zero-order chi connectivity index (χ0) is 12.7. The van der Waals surface area contributed by atoms with Crippen molar-refractivity contribution in [2.24, 2.45) is 0 Å². The largest absolute Gasteiger partial charge is 0.465 e. The number of carbonyl (C=O) groups is 2. The molecule has 96 valence electrons. The highest BCUT2D eigenvalue weighted by Gasteiger charge is 2.24. The summed E-state index contributed by atoms with van der Waals surface area (Å²) in [6.07, 6.45) is 1.46. The van der Waals surface area contributed by atoms with E-state index >= 15 is 0 Å². The van der Waals surface area contributed by atoms with Gasteiger partial charge in [0.05, 0.1) is 26.2 Å². The van der Waals surface area contributed by atoms with Crippen molar-refractivity contribution >= 4 is 11.9 Å². The lowest BCUT2D eigenvalue weighted by Crippen LogP contribution is -2.38. The predicted octanol–water partition coefficient (Wildman–Crippen LogP) is 1.22. The maximum absolute atomic E-state index is 11.4. The van der Waals surface area contributed by atoms with Crippen LogP contribution in [-0.4, -0.2) is 37.9 Å². The third-order valence-electron chi connectivity index (χ3n) is 2.29. The molecule has 0 aromatic carbocycles. The molecule has 1 aliphatic rings. The van der Waals surface area contributed by atoms with Crippen LogP contribution in [0.1, 0.15) is 26.2 Å². The molecule has 17 heavy (non-hydrogen) atoms. The van der Waals surface area contributed by atoms with Crippen molar-refractivity contribution in [3.63, 3.8) is 0 Å². The molecule has 0 aromatic heterocycles. The van der Waals surface area contributed by atoms with Crippen LogP contribution in [0.2, 0.25) is 0 Å². The number of unbranched alkanes of at least 4 members (excludes halogenated alkanes) is 1. The topological polar surface area (TPSA) is 61.8 Å². The van der Waals surface area contributed by atoms with Gasteiger partial charge in [0, 0.05) is 5.57 Å². The van der Waals surface area contributed by atoms with Crippen molar-refractivity contribution < 1.29 is 23.8 Å². The molecule has 1 fully saturated rings. The second-order valence-electron chi connectivity index (χ2n) is 3.92. The highest BCUT2D eigenvalue weighted by Crippen LogP contribution is 2.10. The fraction of sp³-hybridized carbons (Fsp3) is 0.667. The van der Waals surface area contributed by atoms with Gasteiger partial charge >= 0.3 is 11.9 Å². The maximum Gasteiger partial charge on any atom is 0.334 e. The van der Waals surface area contributed by atoms with Crippen molar-refractivity contribution in [3.8, 4) is 0 Å². The normalized spacial score (nSPS) is 14.9. The van der Waals surface area contributed by atoms with Crippen molar-refractivity contribution in [1.82, 2.24) is 0 Å². The fourth-order valence-corrected chi connectivity index (χ4v) is 1.14. The third kappa shape index (κ3) is 4.99. The average molecular weight is 242 g/mol. The minimum atomic E-state index is -0.550. The van der Waals surface area contributed by atoms with Crippen LogP contribution in [0.4, 0.5) is 0 Å². The van der Waals surface area contributed by atoms with E-state index in [-0.39, 0.29) is 18.1 Å². The zero-order valence-corrected chi connectivity index (χ0v) is 10.1. The average Bonchev–Trinajstić information content (AvgIpc) is 2.23. The number of ether oxygens (including phenoxy) is 3. The summed E-state index contributed by atoms with van der Waals surface area (Å²) in [5.41, 5.74) is 0.124. The van der Waals surface area contributed by atoms with Crippen LogP contribution in [0.15, 0.2) is 12.2 Å². The lowest BCUT2D eigenvalue weighted by atomic mass is 10.2. The Morgan fingerprint density at radius 1 is 1.41 bits per heavy atom. The van der Waals surface area contributed by atoms with Gasteiger partial charge in [-0.1, -0.05) is 19.9 Å². The van der Waals surface area contributed by atoms with Gasteiger partial charge in [-0.2, -0.15) is 0 Å². The van der Waals surface area contributed by atoms with Crippen molar-refractivity contribution in [2.45, 2.75) is 32.3 Å². The lowest BCUT2D eigenvalue weighted by molar-refractivity contribution is -0.168. The summed E-state index contributed by atoms with van der Waals surface area (Å²) >= 11 is 0. The highest BCUT2D eigenvalue weighted by atomic mass is 16.6. The predicted molar refractivity (Wildman–Crippen MR) is 60.3 cm³/mol. The van der Waals surface area contributed by atoms with Crippen LogP contribution in [0, 0.1) is 0 Å². The van der Waals surface area contributed by atoms with Crippen LogP contribution < -0.4 is 0 Å². The van der Waals surface area contributed by atoms with E-state index in [9.17, 15) is 9.59 Å². The van der Waals surface area contributed by atoms with Gasteiger partial charge in [0.1, 0.15) is 6.10 Å². The smallest absolute Gasteiger partial charge is 0.334 e. The van der Waals surface area contributed by atoms with Gasteiger partial charge in [0.25, 0.3) is 0 Å². The van der Waals surface area contributed by atoms with Crippen LogP contribution in [0.25, 0.3) is 0 Å². The number of carbonyl (C=O) groups excluding carboxylic acids is 2. The Kier molecular flexibility index (Phi) is 5.69. The Morgan fingerprint density at radius 2 is 2.12 bits per heavy atom. The van der Waals surface area contributed by atoms with Crippen LogP contribution in [0.5, 0.6) is 0 Å². The van der Waals surface area contributed by atoms with Gasteiger partial charge in [0.15, 0.2) is 0 Å². The second kappa shape index (κ2) is 7.06. The van der Waals surface area contributed by atoms with E-state index in [1.54, 1.807) is 0 Å². The van der Waals surface area contributed by atoms with E-state index in [0.717, 1.165) is 12.8 Å². The van der Waals surface area contributed by atoms with E-state index in [1.165, 1.54) is 0 Å². The molecule has 0 aromatic rings. The first-order valence-corrected chi connectivity index (χ1v) is 5.75. The molecule has 0 aliphatic carbocycles. The summed E-state index contributed by atoms with van der Waals surface area (Å²) in [5.74, 6) is -0.990. The zero-order valence-electron chi connectivity index (χ0n) is 10.1. The first kappa shape index (κ1) is 13.7. The van der Waals surface area contributed by atoms with Crippen LogP contribution >= 0.6 is 0 Å². The molecule has 0 unspecified atom stereocenters. The minimum Gasteiger partial charge on any atom is -0.465 e. The SMILES string of the molecule is C=C(CC(=O)OCCCC)C(=O)OC1COC1. The molecule has 5 nitrogen and oxygen atoms in total. The standard InChI is InChI=1S/C12H18O5/c1-3-4-5-16-11(13)6-9(2)12(14)17-10-7-15-8-10/h10H,2-8H2,1H3. The monoisotopic (exact) mass is 242 g/mol. The van der Waals surface area contributed by atoms with E-state index in [4.69, 9.17) is 14.2 Å². The van der Waals surface area contributed by atoms with Gasteiger partial charge < -0.3 is 14.2 Å². The molecular formula is C12H18O5. The van der Waals surface area contributed by atoms with Gasteiger partial charge in [0.2, 0.25) is 0 Å². The van der Waals surface area contributed by atoms with Gasteiger partial charge in [-0.3, -0.25) is 4.79 Å². The van der Waals surface area contributed by atoms with E-state index in [0.29, 0.717) is 19.8 Å². The van der Waals surface area contributed by atoms with Crippen molar-refractivity contribution in [3.05, 3.63) is 12.2 Å². The van der Waals surface area contributed by atoms with Gasteiger partial charge in [-0.25, -0.2) is 4.79 Å². The molecule has 1 heterocycles. The van der Waals surface area contributed by atoms with Crippen molar-refractivity contribution in [1.29, 1.82) is 0 Å². The molecule has 0 atom stereocenters. The summed E-state index contributed by atoms with van der Waals surface area (Å²) < 4.78 is 14.8. The Balaban J connectivity index is 2.17. The fourth-order valence-electron chi connectivity index (χ4n) is 1.14. The summed E-state index contributed by atoms with van der Waals surface area (Å²) in [4.78, 5) is 22.7. The van der Waals surface area contributed by atoms with Gasteiger partial charge in [-0.15, -0.1) is 0 Å². The number of esters is 2. The maximum atomic E-state index is 11.4. The van der Waals surface area contributed by atoms with E-state index in [2.05, 4.69) is 6.58 Å². The third-order valence-corrected chi connectivity index (χ3v) is 2.29. The minimum absolute atomic E-state index is 0.115. The summed E-state index contributed by atoms with van der Waals surface area (Å²) in [7, 11) is 0. The number of hydrogen-bond acceptors (Lipinski definition) is 5. The molecule has 1 rings (SSSR count). The van der Waals surface area contributed by atoms with Crippen molar-refractivity contribution in [2.75, 3.05) is 19.8 Å². The quantitative estimate of drug-likeness (QED) is 0.381. The Bertz CT molecular complexity index is 293. The molecule has 0 saturated carbocycles. The Morgan fingerprint density at radius 3 is 2.65 bits per heavy atom. The van der Waals surface area contributed by atoms with Gasteiger partial charge in [-0.05, 0) is 6.42 Å². The lowest BCUT2D eigenvalue weighted by Gasteiger charge is -2.25. The Hall–Kier alpha value is -1.36. The van der Waals surface area contributed by atoms with E-state index < -0.39 is 11.9 Å². The summed E-state index contributed by atoms with van der Waals surface area (Å²) in [5, 5.41) is 0. The molecule has 5 heteroatoms. The first-order chi connectivity index (χ1) is 8.13.